The number of halogens is 1. The van der Waals surface area contributed by atoms with Crippen LogP contribution >= 0.6 is 11.6 Å². The van der Waals surface area contributed by atoms with Crippen molar-refractivity contribution in [1.29, 1.82) is 0 Å². The molecule has 3 aromatic rings. The fourth-order valence-corrected chi connectivity index (χ4v) is 4.89. The van der Waals surface area contributed by atoms with Crippen LogP contribution in [0.25, 0.3) is 5.57 Å². The number of aromatic nitrogens is 1. The molecule has 1 aromatic heterocycles. The van der Waals surface area contributed by atoms with Crippen LogP contribution in [-0.2, 0) is 12.2 Å². The zero-order valence-corrected chi connectivity index (χ0v) is 23.1. The van der Waals surface area contributed by atoms with Crippen molar-refractivity contribution in [3.63, 3.8) is 0 Å². The summed E-state index contributed by atoms with van der Waals surface area (Å²) in [6.07, 6.45) is 5.02. The monoisotopic (exact) mass is 519 g/mol. The van der Waals surface area contributed by atoms with Gasteiger partial charge in [-0.1, -0.05) is 36.7 Å². The second-order valence-electron chi connectivity index (χ2n) is 9.95. The molecule has 4 rings (SSSR count). The lowest BCUT2D eigenvalue weighted by Gasteiger charge is -2.27. The maximum Gasteiger partial charge on any atom is 0.131 e. The second kappa shape index (κ2) is 12.1. The molecule has 5 nitrogen and oxygen atoms in total. The lowest BCUT2D eigenvalue weighted by molar-refractivity contribution is 0.0785. The molecular weight excluding hydrogens is 482 g/mol. The van der Waals surface area contributed by atoms with Crippen molar-refractivity contribution in [2.24, 2.45) is 0 Å². The molecule has 37 heavy (non-hydrogen) atoms. The van der Waals surface area contributed by atoms with Crippen molar-refractivity contribution in [2.45, 2.75) is 46.3 Å². The summed E-state index contributed by atoms with van der Waals surface area (Å²) in [6.45, 7) is 13.3. The maximum absolute atomic E-state index is 10.7. The lowest BCUT2D eigenvalue weighted by atomic mass is 9.90. The molecule has 0 amide bonds. The molecule has 6 heteroatoms. The van der Waals surface area contributed by atoms with Gasteiger partial charge in [-0.15, -0.1) is 0 Å². The molecule has 0 aliphatic carbocycles. The Kier molecular flexibility index (Phi) is 8.91. The number of hydrogen-bond acceptors (Lipinski definition) is 5. The van der Waals surface area contributed by atoms with Crippen LogP contribution in [0.1, 0.15) is 56.5 Å². The van der Waals surface area contributed by atoms with Crippen LogP contribution in [0, 0.1) is 0 Å². The van der Waals surface area contributed by atoms with E-state index in [1.807, 2.05) is 50.4 Å². The van der Waals surface area contributed by atoms with Crippen molar-refractivity contribution in [3.05, 3.63) is 94.3 Å². The fourth-order valence-electron chi connectivity index (χ4n) is 4.76. The van der Waals surface area contributed by atoms with E-state index in [1.54, 1.807) is 0 Å². The number of rotatable bonds is 10. The number of benzene rings is 2. The third kappa shape index (κ3) is 6.72. The second-order valence-corrected chi connectivity index (χ2v) is 10.4. The molecule has 0 saturated heterocycles. The largest absolute Gasteiger partial charge is 0.487 e. The van der Waals surface area contributed by atoms with Gasteiger partial charge in [-0.2, -0.15) is 0 Å². The Bertz CT molecular complexity index is 1220. The number of hydrogen-bond donors (Lipinski definition) is 1. The van der Waals surface area contributed by atoms with E-state index in [1.165, 1.54) is 5.69 Å². The van der Waals surface area contributed by atoms with E-state index in [4.69, 9.17) is 16.3 Å². The number of fused-ring (bicyclic) bond motifs is 2. The van der Waals surface area contributed by atoms with Gasteiger partial charge in [-0.3, -0.25) is 4.98 Å². The van der Waals surface area contributed by atoms with Gasteiger partial charge in [0.25, 0.3) is 0 Å². The Morgan fingerprint density at radius 2 is 1.78 bits per heavy atom. The Morgan fingerprint density at radius 3 is 2.49 bits per heavy atom. The highest BCUT2D eigenvalue weighted by Gasteiger charge is 2.24. The molecular formula is C31H38ClN3O2. The Balaban J connectivity index is 1.53. The normalized spacial score (nSPS) is 14.2. The first-order valence-corrected chi connectivity index (χ1v) is 13.5. The first-order valence-electron chi connectivity index (χ1n) is 13.2. The number of ether oxygens (including phenoxy) is 1. The minimum atomic E-state index is -0.932. The summed E-state index contributed by atoms with van der Waals surface area (Å²) in [5.41, 5.74) is 5.29. The smallest absolute Gasteiger partial charge is 0.131 e. The van der Waals surface area contributed by atoms with Crippen molar-refractivity contribution in [1.82, 2.24) is 9.88 Å². The molecule has 2 aromatic carbocycles. The molecule has 2 heterocycles. The average Bonchev–Trinajstić information content (AvgIpc) is 3.05. The van der Waals surface area contributed by atoms with E-state index < -0.39 is 5.60 Å². The molecule has 1 N–H and O–H groups in total. The molecule has 196 valence electrons. The maximum atomic E-state index is 10.7. The van der Waals surface area contributed by atoms with Gasteiger partial charge in [0.15, 0.2) is 0 Å². The molecule has 0 atom stereocenters. The van der Waals surface area contributed by atoms with Gasteiger partial charge in [0.2, 0.25) is 0 Å². The summed E-state index contributed by atoms with van der Waals surface area (Å²) in [6, 6.07) is 18.2. The molecule has 1 aliphatic rings. The van der Waals surface area contributed by atoms with Crippen LogP contribution in [-0.4, -0.2) is 47.7 Å². The molecule has 0 spiro atoms. The average molecular weight is 520 g/mol. The first-order chi connectivity index (χ1) is 17.8. The van der Waals surface area contributed by atoms with Crippen LogP contribution in [0.2, 0.25) is 5.02 Å². The molecule has 0 saturated carbocycles. The zero-order chi connectivity index (χ0) is 26.4. The lowest BCUT2D eigenvalue weighted by Crippen LogP contribution is -2.35. The summed E-state index contributed by atoms with van der Waals surface area (Å²) in [7, 11) is 0. The highest BCUT2D eigenvalue weighted by molar-refractivity contribution is 6.30. The van der Waals surface area contributed by atoms with Gasteiger partial charge in [0, 0.05) is 54.2 Å². The van der Waals surface area contributed by atoms with E-state index >= 15 is 0 Å². The van der Waals surface area contributed by atoms with Crippen LogP contribution < -0.4 is 9.64 Å². The zero-order valence-electron chi connectivity index (χ0n) is 22.4. The number of aliphatic hydroxyl groups is 1. The molecule has 0 radical (unpaired) electrons. The molecule has 1 aliphatic heterocycles. The van der Waals surface area contributed by atoms with Crippen LogP contribution in [0.5, 0.6) is 5.75 Å². The molecule has 0 fully saturated rings. The fraction of sp³-hybridized carbons (Fsp3) is 0.387. The Labute approximate surface area is 226 Å². The van der Waals surface area contributed by atoms with E-state index in [2.05, 4.69) is 59.0 Å². The van der Waals surface area contributed by atoms with Crippen molar-refractivity contribution >= 4 is 22.9 Å². The topological polar surface area (TPSA) is 48.8 Å². The van der Waals surface area contributed by atoms with Crippen molar-refractivity contribution in [3.8, 4) is 5.75 Å². The quantitative estimate of drug-likeness (QED) is 0.330. The number of pyridine rings is 1. The predicted octanol–water partition coefficient (Wildman–Crippen LogP) is 6.53. The third-order valence-corrected chi connectivity index (χ3v) is 7.27. The highest BCUT2D eigenvalue weighted by atomic mass is 35.5. The van der Waals surface area contributed by atoms with E-state index in [0.717, 1.165) is 77.9 Å². The van der Waals surface area contributed by atoms with Gasteiger partial charge in [0.05, 0.1) is 11.3 Å². The van der Waals surface area contributed by atoms with E-state index in [-0.39, 0.29) is 0 Å². The van der Waals surface area contributed by atoms with Gasteiger partial charge in [0.1, 0.15) is 12.4 Å². The van der Waals surface area contributed by atoms with Crippen LogP contribution in [0.15, 0.2) is 66.9 Å². The van der Waals surface area contributed by atoms with Crippen molar-refractivity contribution < 1.29 is 9.84 Å². The van der Waals surface area contributed by atoms with Gasteiger partial charge >= 0.3 is 0 Å². The van der Waals surface area contributed by atoms with Crippen molar-refractivity contribution in [2.75, 3.05) is 37.6 Å². The third-order valence-electron chi connectivity index (χ3n) is 7.02. The first kappa shape index (κ1) is 27.2. The number of likely N-dealkylation sites (N-methyl/N-ethyl adjacent to an activating group) is 2. The van der Waals surface area contributed by atoms with E-state index in [0.29, 0.717) is 6.61 Å². The summed E-state index contributed by atoms with van der Waals surface area (Å²) in [5, 5.41) is 11.4. The van der Waals surface area contributed by atoms with Crippen LogP contribution in [0.3, 0.4) is 0 Å². The van der Waals surface area contributed by atoms with Crippen LogP contribution in [0.4, 0.5) is 5.69 Å². The summed E-state index contributed by atoms with van der Waals surface area (Å²) < 4.78 is 6.14. The minimum absolute atomic E-state index is 0.432. The van der Waals surface area contributed by atoms with Gasteiger partial charge in [-0.05, 0) is 87.3 Å². The standard InChI is InChI=1S/C31H38ClN3O2/c1-5-34(19-20-35(6-2)25-14-12-24(32)13-15-25)18-8-10-26-27-9-7-17-33-29(27)22-37-30-16-11-23(21-28(26)30)31(3,4)36/h7,9-17,21,36H,5-6,8,18-20,22H2,1-4H3/b26-10+. The number of nitrogens with zero attached hydrogens (tertiary/aromatic N) is 3. The summed E-state index contributed by atoms with van der Waals surface area (Å²) >= 11 is 6.08. The number of anilines is 1. The minimum Gasteiger partial charge on any atom is -0.487 e. The highest BCUT2D eigenvalue weighted by Crippen LogP contribution is 2.38. The van der Waals surface area contributed by atoms with E-state index in [9.17, 15) is 5.11 Å². The SMILES string of the molecule is CCN(CC/C=C1/c2cc(C(C)(C)O)ccc2OCc2ncccc21)CCN(CC)c1ccc(Cl)cc1. The van der Waals surface area contributed by atoms with Gasteiger partial charge < -0.3 is 19.6 Å². The Hall–Kier alpha value is -2.86. The molecule has 0 unspecified atom stereocenters. The Morgan fingerprint density at radius 1 is 1.00 bits per heavy atom. The predicted molar refractivity (Wildman–Crippen MR) is 153 cm³/mol. The summed E-state index contributed by atoms with van der Waals surface area (Å²) in [4.78, 5) is 9.47. The summed E-state index contributed by atoms with van der Waals surface area (Å²) in [5.74, 6) is 0.825. The molecule has 0 bridgehead atoms. The van der Waals surface area contributed by atoms with Gasteiger partial charge in [-0.25, -0.2) is 0 Å².